The summed E-state index contributed by atoms with van der Waals surface area (Å²) in [7, 11) is 0. The zero-order valence-electron chi connectivity index (χ0n) is 7.76. The second-order valence-electron chi connectivity index (χ2n) is 3.32. The third kappa shape index (κ3) is 1.66. The Labute approximate surface area is 94.8 Å². The van der Waals surface area contributed by atoms with Crippen LogP contribution < -0.4 is 0 Å². The highest BCUT2D eigenvalue weighted by molar-refractivity contribution is 8.01. The van der Waals surface area contributed by atoms with Crippen LogP contribution in [-0.2, 0) is 4.79 Å². The fraction of sp³-hybridized carbons (Fsp3) is 0.300. The molecule has 2 atom stereocenters. The summed E-state index contributed by atoms with van der Waals surface area (Å²) in [5.41, 5.74) is 0.113. The van der Waals surface area contributed by atoms with Gasteiger partial charge < -0.3 is 0 Å². The van der Waals surface area contributed by atoms with Crippen molar-refractivity contribution < 1.29 is 13.6 Å². The van der Waals surface area contributed by atoms with Gasteiger partial charge in [-0.05, 0) is 19.1 Å². The van der Waals surface area contributed by atoms with E-state index in [1.165, 1.54) is 6.92 Å². The number of carbonyl (C=O) groups is 1. The Hall–Kier alpha value is -0.610. The summed E-state index contributed by atoms with van der Waals surface area (Å²) in [6.07, 6.45) is 0. The fourth-order valence-electron chi connectivity index (χ4n) is 1.55. The summed E-state index contributed by atoms with van der Waals surface area (Å²) in [5, 5.41) is -1.37. The molecule has 0 amide bonds. The monoisotopic (exact) mass is 248 g/mol. The number of alkyl halides is 1. The average Bonchev–Trinajstić information content (AvgIpc) is 2.51. The SMILES string of the molecule is CC(=O)C1Sc2c(F)ccc(F)c2C1Cl. The van der Waals surface area contributed by atoms with Gasteiger partial charge >= 0.3 is 0 Å². The first kappa shape index (κ1) is 10.9. The minimum atomic E-state index is -0.779. The van der Waals surface area contributed by atoms with Crippen LogP contribution >= 0.6 is 23.4 Å². The lowest BCUT2D eigenvalue weighted by Crippen LogP contribution is -2.14. The predicted molar refractivity (Wildman–Crippen MR) is 55.3 cm³/mol. The molecule has 0 N–H and O–H groups in total. The van der Waals surface area contributed by atoms with Crippen LogP contribution in [-0.4, -0.2) is 11.0 Å². The largest absolute Gasteiger partial charge is 0.299 e. The van der Waals surface area contributed by atoms with Crippen LogP contribution in [0.1, 0.15) is 17.9 Å². The highest BCUT2D eigenvalue weighted by Gasteiger charge is 2.38. The first-order valence-corrected chi connectivity index (χ1v) is 5.63. The minimum Gasteiger partial charge on any atom is -0.299 e. The number of ketones is 1. The summed E-state index contributed by atoms with van der Waals surface area (Å²) in [6, 6.07) is 2.08. The van der Waals surface area contributed by atoms with Crippen molar-refractivity contribution in [2.75, 3.05) is 0 Å². The quantitative estimate of drug-likeness (QED) is 0.710. The lowest BCUT2D eigenvalue weighted by Gasteiger charge is -2.08. The maximum atomic E-state index is 13.4. The Balaban J connectivity index is 2.53. The summed E-state index contributed by atoms with van der Waals surface area (Å²) in [4.78, 5) is 11.4. The minimum absolute atomic E-state index is 0.113. The van der Waals surface area contributed by atoms with E-state index in [0.717, 1.165) is 23.9 Å². The molecule has 0 aliphatic carbocycles. The molecule has 0 radical (unpaired) electrons. The molecule has 1 aromatic carbocycles. The summed E-state index contributed by atoms with van der Waals surface area (Å²) in [6.45, 7) is 1.37. The van der Waals surface area contributed by atoms with Gasteiger partial charge in [0.15, 0.2) is 0 Å². The van der Waals surface area contributed by atoms with Gasteiger partial charge in [0.05, 0.1) is 15.5 Å². The molecule has 0 saturated carbocycles. The van der Waals surface area contributed by atoms with Crippen molar-refractivity contribution >= 4 is 29.1 Å². The molecule has 1 nitrogen and oxygen atoms in total. The average molecular weight is 249 g/mol. The van der Waals surface area contributed by atoms with E-state index in [1.54, 1.807) is 0 Å². The molecule has 0 saturated heterocycles. The van der Waals surface area contributed by atoms with Crippen LogP contribution in [0.15, 0.2) is 17.0 Å². The van der Waals surface area contributed by atoms with E-state index in [4.69, 9.17) is 11.6 Å². The zero-order valence-corrected chi connectivity index (χ0v) is 9.33. The first-order chi connectivity index (χ1) is 7.02. The standard InChI is InChI=1S/C10H7ClF2OS/c1-4(14)9-8(11)7-5(12)2-3-6(13)10(7)15-9/h2-3,8-9H,1H3. The molecule has 1 heterocycles. The predicted octanol–water partition coefficient (Wildman–Crippen LogP) is 3.31. The maximum Gasteiger partial charge on any atom is 0.144 e. The van der Waals surface area contributed by atoms with Crippen molar-refractivity contribution in [2.45, 2.75) is 22.4 Å². The number of hydrogen-bond donors (Lipinski definition) is 0. The molecular formula is C10H7ClF2OS. The van der Waals surface area contributed by atoms with Crippen LogP contribution in [0.4, 0.5) is 8.78 Å². The molecule has 1 aliphatic heterocycles. The number of Topliss-reactive ketones (excluding diaryl/α,β-unsaturated/α-hetero) is 1. The van der Waals surface area contributed by atoms with Crippen LogP contribution in [0.2, 0.25) is 0 Å². The number of rotatable bonds is 1. The van der Waals surface area contributed by atoms with Gasteiger partial charge in [-0.1, -0.05) is 0 Å². The van der Waals surface area contributed by atoms with E-state index in [1.807, 2.05) is 0 Å². The van der Waals surface area contributed by atoms with Gasteiger partial charge in [-0.3, -0.25) is 4.79 Å². The Morgan fingerprint density at radius 3 is 2.53 bits per heavy atom. The lowest BCUT2D eigenvalue weighted by molar-refractivity contribution is -0.116. The van der Waals surface area contributed by atoms with E-state index in [2.05, 4.69) is 0 Å². The van der Waals surface area contributed by atoms with Crippen molar-refractivity contribution in [1.29, 1.82) is 0 Å². The zero-order chi connectivity index (χ0) is 11.2. The van der Waals surface area contributed by atoms with Crippen LogP contribution in [0, 0.1) is 11.6 Å². The van der Waals surface area contributed by atoms with E-state index < -0.39 is 22.3 Å². The Kier molecular flexibility index (Phi) is 2.73. The number of hydrogen-bond acceptors (Lipinski definition) is 2. The summed E-state index contributed by atoms with van der Waals surface area (Å²) < 4.78 is 26.7. The molecule has 1 aromatic rings. The molecular weight excluding hydrogens is 242 g/mol. The van der Waals surface area contributed by atoms with Gasteiger partial charge in [-0.2, -0.15) is 0 Å². The van der Waals surface area contributed by atoms with Gasteiger partial charge in [0.1, 0.15) is 17.4 Å². The molecule has 0 fully saturated rings. The Morgan fingerprint density at radius 1 is 1.40 bits per heavy atom. The molecule has 5 heteroatoms. The highest BCUT2D eigenvalue weighted by Crippen LogP contribution is 2.49. The third-order valence-corrected chi connectivity index (χ3v) is 4.41. The normalized spacial score (nSPS) is 24.0. The van der Waals surface area contributed by atoms with E-state index in [9.17, 15) is 13.6 Å². The molecule has 2 rings (SSSR count). The fourth-order valence-corrected chi connectivity index (χ4v) is 3.37. The van der Waals surface area contributed by atoms with E-state index in [0.29, 0.717) is 0 Å². The molecule has 80 valence electrons. The van der Waals surface area contributed by atoms with Crippen molar-refractivity contribution in [1.82, 2.24) is 0 Å². The van der Waals surface area contributed by atoms with Crippen LogP contribution in [0.25, 0.3) is 0 Å². The molecule has 0 aromatic heterocycles. The maximum absolute atomic E-state index is 13.4. The first-order valence-electron chi connectivity index (χ1n) is 4.31. The Morgan fingerprint density at radius 2 is 2.00 bits per heavy atom. The topological polar surface area (TPSA) is 17.1 Å². The molecule has 1 aliphatic rings. The summed E-state index contributed by atoms with van der Waals surface area (Å²) >= 11 is 6.93. The second kappa shape index (κ2) is 3.76. The van der Waals surface area contributed by atoms with Crippen molar-refractivity contribution in [2.24, 2.45) is 0 Å². The number of thioether (sulfide) groups is 1. The molecule has 0 spiro atoms. The smallest absolute Gasteiger partial charge is 0.144 e. The molecule has 0 bridgehead atoms. The number of fused-ring (bicyclic) bond motifs is 1. The number of halogens is 3. The van der Waals surface area contributed by atoms with Gasteiger partial charge in [0, 0.05) is 5.56 Å². The van der Waals surface area contributed by atoms with E-state index >= 15 is 0 Å². The third-order valence-electron chi connectivity index (χ3n) is 2.28. The number of carbonyl (C=O) groups excluding carboxylic acids is 1. The lowest BCUT2D eigenvalue weighted by atomic mass is 10.1. The van der Waals surface area contributed by atoms with Crippen molar-refractivity contribution in [3.05, 3.63) is 29.3 Å². The second-order valence-corrected chi connectivity index (χ2v) is 4.94. The van der Waals surface area contributed by atoms with Gasteiger partial charge in [0.2, 0.25) is 0 Å². The van der Waals surface area contributed by atoms with Crippen LogP contribution in [0.5, 0.6) is 0 Å². The van der Waals surface area contributed by atoms with E-state index in [-0.39, 0.29) is 16.2 Å². The number of benzene rings is 1. The molecule has 2 unspecified atom stereocenters. The highest BCUT2D eigenvalue weighted by atomic mass is 35.5. The van der Waals surface area contributed by atoms with Gasteiger partial charge in [-0.25, -0.2) is 8.78 Å². The molecule has 15 heavy (non-hydrogen) atoms. The Bertz CT molecular complexity index is 436. The van der Waals surface area contributed by atoms with Gasteiger partial charge in [-0.15, -0.1) is 23.4 Å². The van der Waals surface area contributed by atoms with Gasteiger partial charge in [0.25, 0.3) is 0 Å². The van der Waals surface area contributed by atoms with Crippen LogP contribution in [0.3, 0.4) is 0 Å². The van der Waals surface area contributed by atoms with Crippen molar-refractivity contribution in [3.63, 3.8) is 0 Å². The summed E-state index contributed by atoms with van der Waals surface area (Å²) in [5.74, 6) is -1.25. The van der Waals surface area contributed by atoms with Crippen molar-refractivity contribution in [3.8, 4) is 0 Å².